The third kappa shape index (κ3) is 7.95. The molecule has 46 heavy (non-hydrogen) atoms. The van der Waals surface area contributed by atoms with Crippen molar-refractivity contribution in [1.82, 2.24) is 8.75 Å². The van der Waals surface area contributed by atoms with Gasteiger partial charge < -0.3 is 10.2 Å². The molecule has 0 spiro atoms. The smallest absolute Gasteiger partial charge is 0.337 e. The molecule has 0 aliphatic heterocycles. The molecule has 0 aliphatic rings. The summed E-state index contributed by atoms with van der Waals surface area (Å²) >= 11 is 5.67. The van der Waals surface area contributed by atoms with Crippen LogP contribution in [0.5, 0.6) is 0 Å². The van der Waals surface area contributed by atoms with Crippen molar-refractivity contribution in [3.63, 3.8) is 0 Å². The highest BCUT2D eigenvalue weighted by atomic mass is 32.1. The van der Waals surface area contributed by atoms with Gasteiger partial charge in [-0.2, -0.15) is 8.75 Å². The van der Waals surface area contributed by atoms with Crippen LogP contribution in [0.1, 0.15) is 123 Å². The number of aromatic carboxylic acids is 2. The van der Waals surface area contributed by atoms with Gasteiger partial charge in [-0.3, -0.25) is 0 Å². The number of aromatic nitrogens is 2. The van der Waals surface area contributed by atoms with Crippen molar-refractivity contribution < 1.29 is 19.8 Å². The molecule has 2 N–H and O–H groups in total. The molecule has 0 radical (unpaired) electrons. The molecule has 0 atom stereocenters. The lowest BCUT2D eigenvalue weighted by Gasteiger charge is -2.08. The number of carboxylic acids is 2. The predicted molar refractivity (Wildman–Crippen MR) is 195 cm³/mol. The second-order valence-corrected chi connectivity index (χ2v) is 15.2. The number of thiophene rings is 3. The SMILES string of the molecule is CCCCCCCCc1csc(-c2cc(C(=O)O)c(-c3ccc(-c4sccc4C(=O)O)c4nsnc34)s2)c1CCCCCCCC. The van der Waals surface area contributed by atoms with Crippen LogP contribution in [0.3, 0.4) is 0 Å². The average Bonchev–Trinajstić information content (AvgIpc) is 3.86. The average molecular weight is 695 g/mol. The van der Waals surface area contributed by atoms with Crippen LogP contribution in [0.15, 0.2) is 35.0 Å². The normalized spacial score (nSPS) is 11.5. The lowest BCUT2D eigenvalue weighted by molar-refractivity contribution is 0.0687. The summed E-state index contributed by atoms with van der Waals surface area (Å²) in [6.45, 7) is 4.50. The maximum atomic E-state index is 12.6. The number of nitrogens with zero attached hydrogens (tertiary/aromatic N) is 2. The molecule has 244 valence electrons. The van der Waals surface area contributed by atoms with E-state index in [0.29, 0.717) is 26.4 Å². The van der Waals surface area contributed by atoms with Gasteiger partial charge in [0.1, 0.15) is 11.0 Å². The molecule has 5 rings (SSSR count). The van der Waals surface area contributed by atoms with Gasteiger partial charge in [-0.15, -0.1) is 34.0 Å². The summed E-state index contributed by atoms with van der Waals surface area (Å²) in [6.07, 6.45) is 17.1. The Labute approximate surface area is 287 Å². The molecule has 6 nitrogen and oxygen atoms in total. The van der Waals surface area contributed by atoms with E-state index in [9.17, 15) is 19.8 Å². The molecule has 0 saturated heterocycles. The molecule has 4 aromatic heterocycles. The lowest BCUT2D eigenvalue weighted by atomic mass is 9.97. The number of rotatable bonds is 19. The first-order valence-corrected chi connectivity index (χ1v) is 19.8. The summed E-state index contributed by atoms with van der Waals surface area (Å²) in [6, 6.07) is 7.17. The Morgan fingerprint density at radius 1 is 0.674 bits per heavy atom. The molecular formula is C36H42N2O4S4. The van der Waals surface area contributed by atoms with E-state index in [1.165, 1.54) is 109 Å². The van der Waals surface area contributed by atoms with E-state index in [1.807, 2.05) is 18.2 Å². The standard InChI is InChI=1S/C36H42N2O4S4/c1-3-5-7-9-11-13-15-23-22-44-34(24(23)16-14-12-10-8-6-4-2)29-21-28(36(41)42)33(45-29)26-18-17-25(30-31(26)38-46-37-30)32-27(35(39)40)19-20-43-32/h17-22H,3-16H2,1-2H3,(H,39,40)(H,41,42). The van der Waals surface area contributed by atoms with Crippen LogP contribution in [0, 0.1) is 0 Å². The molecule has 0 unspecified atom stereocenters. The summed E-state index contributed by atoms with van der Waals surface area (Å²) in [5.41, 5.74) is 5.93. The maximum absolute atomic E-state index is 12.6. The number of carbonyl (C=O) groups is 2. The van der Waals surface area contributed by atoms with Crippen LogP contribution in [-0.2, 0) is 12.8 Å². The van der Waals surface area contributed by atoms with E-state index in [4.69, 9.17) is 0 Å². The van der Waals surface area contributed by atoms with Crippen LogP contribution in [0.2, 0.25) is 0 Å². The number of benzene rings is 1. The number of carboxylic acid groups (broad SMARTS) is 2. The van der Waals surface area contributed by atoms with Crippen molar-refractivity contribution in [3.05, 3.63) is 57.3 Å². The van der Waals surface area contributed by atoms with Crippen molar-refractivity contribution in [2.45, 2.75) is 104 Å². The molecular weight excluding hydrogens is 653 g/mol. The summed E-state index contributed by atoms with van der Waals surface area (Å²) < 4.78 is 9.11. The minimum Gasteiger partial charge on any atom is -0.478 e. The zero-order valence-corrected chi connectivity index (χ0v) is 29.9. The van der Waals surface area contributed by atoms with Crippen LogP contribution in [-0.4, -0.2) is 30.9 Å². The van der Waals surface area contributed by atoms with Gasteiger partial charge in [-0.1, -0.05) is 90.2 Å². The first kappa shape index (κ1) is 34.4. The fourth-order valence-electron chi connectivity index (χ4n) is 6.07. The van der Waals surface area contributed by atoms with Crippen LogP contribution >= 0.6 is 45.7 Å². The van der Waals surface area contributed by atoms with Gasteiger partial charge in [0, 0.05) is 20.9 Å². The molecule has 5 aromatic rings. The Balaban J connectivity index is 1.48. The second-order valence-electron chi connectivity index (χ2n) is 11.9. The minimum absolute atomic E-state index is 0.226. The van der Waals surface area contributed by atoms with Crippen LogP contribution in [0.25, 0.3) is 41.7 Å². The first-order valence-electron chi connectivity index (χ1n) is 16.5. The third-order valence-electron chi connectivity index (χ3n) is 8.55. The van der Waals surface area contributed by atoms with E-state index >= 15 is 0 Å². The Bertz CT molecular complexity index is 1760. The summed E-state index contributed by atoms with van der Waals surface area (Å²) in [5, 5.41) is 24.1. The molecule has 0 amide bonds. The fraction of sp³-hybridized carbons (Fsp3) is 0.444. The number of aryl methyl sites for hydroxylation is 1. The second kappa shape index (κ2) is 16.8. The van der Waals surface area contributed by atoms with Crippen LogP contribution in [0.4, 0.5) is 0 Å². The van der Waals surface area contributed by atoms with Crippen molar-refractivity contribution in [3.8, 4) is 30.6 Å². The monoisotopic (exact) mass is 694 g/mol. The van der Waals surface area contributed by atoms with Gasteiger partial charge in [0.15, 0.2) is 0 Å². The summed E-state index contributed by atoms with van der Waals surface area (Å²) in [4.78, 5) is 28.0. The predicted octanol–water partition coefficient (Wildman–Crippen LogP) is 12.1. The number of hydrogen-bond donors (Lipinski definition) is 2. The first-order chi connectivity index (χ1) is 22.4. The van der Waals surface area contributed by atoms with Gasteiger partial charge in [0.25, 0.3) is 0 Å². The number of fused-ring (bicyclic) bond motifs is 1. The van der Waals surface area contributed by atoms with Crippen LogP contribution < -0.4 is 0 Å². The molecule has 4 heterocycles. The molecule has 0 fully saturated rings. The summed E-state index contributed by atoms with van der Waals surface area (Å²) in [5.74, 6) is -1.96. The Kier molecular flexibility index (Phi) is 12.5. The van der Waals surface area contributed by atoms with Crippen molar-refractivity contribution in [2.24, 2.45) is 0 Å². The largest absolute Gasteiger partial charge is 0.478 e. The molecule has 0 aliphatic carbocycles. The summed E-state index contributed by atoms with van der Waals surface area (Å²) in [7, 11) is 0. The van der Waals surface area contributed by atoms with E-state index in [1.54, 1.807) is 22.8 Å². The number of unbranched alkanes of at least 4 members (excludes halogenated alkanes) is 10. The number of hydrogen-bond acceptors (Lipinski definition) is 8. The fourth-order valence-corrected chi connectivity index (χ4v) is 10.0. The lowest BCUT2D eigenvalue weighted by Crippen LogP contribution is -1.97. The van der Waals surface area contributed by atoms with Gasteiger partial charge in [-0.25, -0.2) is 9.59 Å². The highest BCUT2D eigenvalue weighted by Gasteiger charge is 2.25. The topological polar surface area (TPSA) is 100 Å². The molecule has 0 saturated carbocycles. The van der Waals surface area contributed by atoms with Gasteiger partial charge in [0.05, 0.1) is 32.6 Å². The van der Waals surface area contributed by atoms with Crippen molar-refractivity contribution in [2.75, 3.05) is 0 Å². The van der Waals surface area contributed by atoms with Gasteiger partial charge >= 0.3 is 11.9 Å². The molecule has 0 bridgehead atoms. The highest BCUT2D eigenvalue weighted by Crippen LogP contribution is 2.46. The zero-order chi connectivity index (χ0) is 32.5. The third-order valence-corrected chi connectivity index (χ3v) is 12.4. The van der Waals surface area contributed by atoms with E-state index in [-0.39, 0.29) is 11.1 Å². The van der Waals surface area contributed by atoms with Gasteiger partial charge in [0.2, 0.25) is 0 Å². The maximum Gasteiger partial charge on any atom is 0.337 e. The van der Waals surface area contributed by atoms with Crippen molar-refractivity contribution >= 4 is 68.7 Å². The van der Waals surface area contributed by atoms with E-state index < -0.39 is 11.9 Å². The Morgan fingerprint density at radius 3 is 1.89 bits per heavy atom. The van der Waals surface area contributed by atoms with E-state index in [0.717, 1.165) is 41.4 Å². The van der Waals surface area contributed by atoms with E-state index in [2.05, 4.69) is 28.0 Å². The quantitative estimate of drug-likeness (QED) is 0.0834. The van der Waals surface area contributed by atoms with Crippen molar-refractivity contribution in [1.29, 1.82) is 0 Å². The van der Waals surface area contributed by atoms with Gasteiger partial charge in [-0.05, 0) is 59.7 Å². The Hall–Kier alpha value is -2.92. The molecule has 10 heteroatoms. The zero-order valence-electron chi connectivity index (χ0n) is 26.6. The molecule has 1 aromatic carbocycles. The highest BCUT2D eigenvalue weighted by molar-refractivity contribution is 7.23. The Morgan fingerprint density at radius 2 is 1.26 bits per heavy atom. The minimum atomic E-state index is -0.990.